The molecule has 1 atom stereocenters. The molecule has 20 heavy (non-hydrogen) atoms. The molecule has 1 amide bonds. The van der Waals surface area contributed by atoms with Crippen molar-refractivity contribution in [1.29, 1.82) is 0 Å². The van der Waals surface area contributed by atoms with Gasteiger partial charge in [-0.2, -0.15) is 0 Å². The van der Waals surface area contributed by atoms with Gasteiger partial charge in [-0.1, -0.05) is 20.3 Å². The summed E-state index contributed by atoms with van der Waals surface area (Å²) in [5, 5.41) is 2.79. The van der Waals surface area contributed by atoms with Crippen LogP contribution in [0.3, 0.4) is 0 Å². The van der Waals surface area contributed by atoms with Gasteiger partial charge in [-0.3, -0.25) is 9.00 Å². The molecular formula is C14H20N2O2S2. The molecular weight excluding hydrogens is 292 g/mol. The van der Waals surface area contributed by atoms with Gasteiger partial charge in [-0.15, -0.1) is 23.2 Å². The quantitative estimate of drug-likeness (QED) is 0.622. The number of hydrogen-bond acceptors (Lipinski definition) is 4. The molecule has 1 unspecified atom stereocenters. The molecule has 0 radical (unpaired) electrons. The lowest BCUT2D eigenvalue weighted by Gasteiger charge is -1.98. The Labute approximate surface area is 126 Å². The molecule has 1 rings (SSSR count). The van der Waals surface area contributed by atoms with Crippen LogP contribution >= 0.6 is 11.3 Å². The summed E-state index contributed by atoms with van der Waals surface area (Å²) in [6, 6.07) is 0. The first-order chi connectivity index (χ1) is 9.69. The largest absolute Gasteiger partial charge is 0.350 e. The van der Waals surface area contributed by atoms with Crippen LogP contribution in [0.2, 0.25) is 0 Å². The summed E-state index contributed by atoms with van der Waals surface area (Å²) in [5.41, 5.74) is 0. The molecule has 0 aliphatic rings. The smallest absolute Gasteiger partial charge is 0.263 e. The van der Waals surface area contributed by atoms with E-state index >= 15 is 0 Å². The van der Waals surface area contributed by atoms with E-state index in [0.29, 0.717) is 27.9 Å². The Balaban J connectivity index is 2.33. The van der Waals surface area contributed by atoms with Crippen molar-refractivity contribution in [1.82, 2.24) is 10.3 Å². The highest BCUT2D eigenvalue weighted by molar-refractivity contribution is 7.87. The minimum atomic E-state index is -1.09. The van der Waals surface area contributed by atoms with Gasteiger partial charge in [0.05, 0.1) is 17.0 Å². The van der Waals surface area contributed by atoms with Crippen molar-refractivity contribution in [3.8, 4) is 11.8 Å². The van der Waals surface area contributed by atoms with Crippen LogP contribution in [0.4, 0.5) is 0 Å². The third-order valence-corrected chi connectivity index (χ3v) is 5.10. The minimum absolute atomic E-state index is 0.169. The van der Waals surface area contributed by atoms with E-state index in [2.05, 4.69) is 29.1 Å². The number of carbonyl (C=O) groups excluding carboxylic acids is 1. The lowest BCUT2D eigenvalue weighted by Crippen LogP contribution is -2.23. The summed E-state index contributed by atoms with van der Waals surface area (Å²) < 4.78 is 12.1. The number of thiazole rings is 1. The minimum Gasteiger partial charge on any atom is -0.350 e. The van der Waals surface area contributed by atoms with E-state index in [0.717, 1.165) is 19.3 Å². The molecule has 0 bridgehead atoms. The number of carbonyl (C=O) groups is 1. The van der Waals surface area contributed by atoms with E-state index in [1.54, 1.807) is 0 Å². The molecule has 1 heterocycles. The Morgan fingerprint density at radius 2 is 2.15 bits per heavy atom. The standard InChI is InChI=1S/C14H20N2O2S2/c1-3-5-6-7-8-9-10-15-13(17)12-11-16-14(19-12)20(18)4-2/h11H,3-6,9-10H2,1-2H3,(H,15,17). The summed E-state index contributed by atoms with van der Waals surface area (Å²) in [5.74, 6) is 6.46. The van der Waals surface area contributed by atoms with Crippen molar-refractivity contribution in [2.45, 2.75) is 43.9 Å². The predicted octanol–water partition coefficient (Wildman–Crippen LogP) is 2.58. The van der Waals surface area contributed by atoms with Crippen LogP contribution in [-0.2, 0) is 10.8 Å². The lowest BCUT2D eigenvalue weighted by atomic mass is 10.2. The summed E-state index contributed by atoms with van der Waals surface area (Å²) in [6.45, 7) is 4.49. The molecule has 0 saturated heterocycles. The first-order valence-electron chi connectivity index (χ1n) is 6.77. The van der Waals surface area contributed by atoms with Crippen molar-refractivity contribution in [3.63, 3.8) is 0 Å². The highest BCUT2D eigenvalue weighted by Gasteiger charge is 2.12. The van der Waals surface area contributed by atoms with Gasteiger partial charge in [0, 0.05) is 25.1 Å². The zero-order chi connectivity index (χ0) is 14.8. The maximum atomic E-state index is 11.8. The van der Waals surface area contributed by atoms with Gasteiger partial charge in [0.25, 0.3) is 5.91 Å². The Hall–Kier alpha value is -1.19. The molecule has 6 heteroatoms. The van der Waals surface area contributed by atoms with Crippen molar-refractivity contribution in [2.24, 2.45) is 0 Å². The van der Waals surface area contributed by atoms with Crippen molar-refractivity contribution < 1.29 is 9.00 Å². The topological polar surface area (TPSA) is 59.1 Å². The molecule has 0 fully saturated rings. The Morgan fingerprint density at radius 1 is 1.40 bits per heavy atom. The van der Waals surface area contributed by atoms with Crippen LogP contribution in [0.15, 0.2) is 10.5 Å². The summed E-state index contributed by atoms with van der Waals surface area (Å²) in [6.07, 6.45) is 5.33. The average molecular weight is 312 g/mol. The van der Waals surface area contributed by atoms with Gasteiger partial charge in [0.1, 0.15) is 4.88 Å². The summed E-state index contributed by atoms with van der Waals surface area (Å²) >= 11 is 1.19. The second-order valence-electron chi connectivity index (χ2n) is 4.09. The van der Waals surface area contributed by atoms with Crippen LogP contribution in [0.1, 0.15) is 49.2 Å². The summed E-state index contributed by atoms with van der Waals surface area (Å²) in [4.78, 5) is 16.3. The second kappa shape index (κ2) is 9.67. The number of nitrogens with zero attached hydrogens (tertiary/aromatic N) is 1. The second-order valence-corrected chi connectivity index (χ2v) is 7.03. The molecule has 0 aromatic carbocycles. The van der Waals surface area contributed by atoms with Gasteiger partial charge in [-0.25, -0.2) is 4.98 Å². The van der Waals surface area contributed by atoms with Gasteiger partial charge in [-0.05, 0) is 6.42 Å². The first kappa shape index (κ1) is 16.9. The number of amides is 1. The molecule has 1 N–H and O–H groups in total. The van der Waals surface area contributed by atoms with E-state index in [4.69, 9.17) is 0 Å². The van der Waals surface area contributed by atoms with Gasteiger partial charge in [0.2, 0.25) is 0 Å². The number of unbranched alkanes of at least 4 members (excludes halogenated alkanes) is 2. The van der Waals surface area contributed by atoms with Crippen LogP contribution in [0, 0.1) is 11.8 Å². The highest BCUT2D eigenvalue weighted by Crippen LogP contribution is 2.16. The third-order valence-electron chi connectivity index (χ3n) is 2.48. The third kappa shape index (κ3) is 5.85. The van der Waals surface area contributed by atoms with E-state index in [9.17, 15) is 9.00 Å². The highest BCUT2D eigenvalue weighted by atomic mass is 32.2. The van der Waals surface area contributed by atoms with E-state index in [1.807, 2.05) is 6.92 Å². The predicted molar refractivity (Wildman–Crippen MR) is 83.3 cm³/mol. The van der Waals surface area contributed by atoms with E-state index < -0.39 is 10.8 Å². The fourth-order valence-electron chi connectivity index (χ4n) is 1.36. The zero-order valence-corrected chi connectivity index (χ0v) is 13.5. The summed E-state index contributed by atoms with van der Waals surface area (Å²) in [7, 11) is -1.09. The van der Waals surface area contributed by atoms with Crippen molar-refractivity contribution in [3.05, 3.63) is 11.1 Å². The molecule has 0 spiro atoms. The molecule has 0 saturated carbocycles. The van der Waals surface area contributed by atoms with Gasteiger partial charge >= 0.3 is 0 Å². The molecule has 0 aliphatic carbocycles. The first-order valence-corrected chi connectivity index (χ1v) is 8.90. The van der Waals surface area contributed by atoms with Gasteiger partial charge in [0.15, 0.2) is 4.34 Å². The molecule has 1 aromatic rings. The monoisotopic (exact) mass is 312 g/mol. The molecule has 0 aliphatic heterocycles. The van der Waals surface area contributed by atoms with Crippen LogP contribution in [-0.4, -0.2) is 27.4 Å². The molecule has 4 nitrogen and oxygen atoms in total. The van der Waals surface area contributed by atoms with Crippen molar-refractivity contribution >= 4 is 28.0 Å². The zero-order valence-electron chi connectivity index (χ0n) is 11.9. The van der Waals surface area contributed by atoms with Crippen LogP contribution in [0.25, 0.3) is 0 Å². The average Bonchev–Trinajstić information content (AvgIpc) is 2.95. The fourth-order valence-corrected chi connectivity index (χ4v) is 3.34. The Morgan fingerprint density at radius 3 is 2.85 bits per heavy atom. The number of nitrogens with one attached hydrogen (secondary N) is 1. The van der Waals surface area contributed by atoms with E-state index in [1.165, 1.54) is 17.5 Å². The maximum Gasteiger partial charge on any atom is 0.263 e. The van der Waals surface area contributed by atoms with Crippen molar-refractivity contribution in [2.75, 3.05) is 12.3 Å². The normalized spacial score (nSPS) is 11.5. The SMILES string of the molecule is CCCCC#CCCNC(=O)c1cnc(S(=O)CC)s1. The van der Waals surface area contributed by atoms with Gasteiger partial charge < -0.3 is 5.32 Å². The number of hydrogen-bond donors (Lipinski definition) is 1. The molecule has 1 aromatic heterocycles. The lowest BCUT2D eigenvalue weighted by molar-refractivity contribution is 0.0958. The molecule has 110 valence electrons. The Kier molecular flexibility index (Phi) is 8.16. The van der Waals surface area contributed by atoms with Crippen LogP contribution in [0.5, 0.6) is 0 Å². The van der Waals surface area contributed by atoms with E-state index in [-0.39, 0.29) is 5.91 Å². The Bertz CT molecular complexity index is 515. The fraction of sp³-hybridized carbons (Fsp3) is 0.571. The maximum absolute atomic E-state index is 11.8. The van der Waals surface area contributed by atoms with Crippen LogP contribution < -0.4 is 5.32 Å². The number of rotatable bonds is 7. The number of aromatic nitrogens is 1.